The van der Waals surface area contributed by atoms with Crippen molar-refractivity contribution in [2.45, 2.75) is 39.2 Å². The first-order chi connectivity index (χ1) is 14.7. The zero-order chi connectivity index (χ0) is 22.7. The Morgan fingerprint density at radius 3 is 3.14 bits per heavy atom. The molecule has 1 aliphatic rings. The molecule has 3 heterocycles. The van der Waals surface area contributed by atoms with Crippen molar-refractivity contribution in [3.8, 4) is 5.88 Å². The lowest BCUT2D eigenvalue weighted by Crippen LogP contribution is -2.46. The molecule has 158 valence electrons. The number of hydrogen-bond donors (Lipinski definition) is 2. The van der Waals surface area contributed by atoms with Crippen molar-refractivity contribution < 1.29 is 26.9 Å². The number of nitrogens with zero attached hydrogens (tertiary/aromatic N) is 4. The zero-order valence-electron chi connectivity index (χ0n) is 18.6. The molecule has 1 saturated heterocycles. The molecule has 10 nitrogen and oxygen atoms in total. The Hall–Kier alpha value is -2.56. The predicted molar refractivity (Wildman–Crippen MR) is 105 cm³/mol. The van der Waals surface area contributed by atoms with E-state index in [1.807, 2.05) is 0 Å². The van der Waals surface area contributed by atoms with Crippen LogP contribution in [-0.2, 0) is 14.3 Å². The van der Waals surface area contributed by atoms with Gasteiger partial charge < -0.3 is 19.3 Å². The largest absolute Gasteiger partial charge is 0.472 e. The molecule has 0 spiro atoms. The molecule has 5 unspecified atom stereocenters. The highest BCUT2D eigenvalue weighted by Gasteiger charge is 2.39. The lowest BCUT2D eigenvalue weighted by molar-refractivity contribution is -0.189. The van der Waals surface area contributed by atoms with Crippen LogP contribution in [0.5, 0.6) is 5.88 Å². The summed E-state index contributed by atoms with van der Waals surface area (Å²) < 4.78 is 32.7. The van der Waals surface area contributed by atoms with E-state index in [4.69, 9.17) is 17.0 Å². The Labute approximate surface area is 171 Å². The van der Waals surface area contributed by atoms with Crippen LogP contribution in [0.1, 0.15) is 29.7 Å². The molecule has 0 saturated carbocycles. The van der Waals surface area contributed by atoms with E-state index >= 15 is 0 Å². The van der Waals surface area contributed by atoms with Crippen molar-refractivity contribution in [3.05, 3.63) is 19.0 Å². The van der Waals surface area contributed by atoms with Crippen LogP contribution >= 0.6 is 0 Å². The fourth-order valence-corrected chi connectivity index (χ4v) is 2.96. The van der Waals surface area contributed by atoms with Gasteiger partial charge in [0.25, 0.3) is 0 Å². The SMILES string of the molecule is [2H]C([3H])OC1COC(n2cnc3c(OCC=C)nc(NC(=O)C(C)C)nc32)C(O)C1C. The fraction of sp³-hybridized carbons (Fsp3) is 0.579. The molecule has 10 heteroatoms. The molecule has 0 aromatic carbocycles. The monoisotopic (exact) mass is 408 g/mol. The fourth-order valence-electron chi connectivity index (χ4n) is 2.96. The van der Waals surface area contributed by atoms with Crippen LogP contribution in [0.2, 0.25) is 0 Å². The average Bonchev–Trinajstić information content (AvgIpc) is 3.13. The van der Waals surface area contributed by atoms with Crippen LogP contribution in [0, 0.1) is 11.8 Å². The number of nitrogens with one attached hydrogen (secondary N) is 1. The lowest BCUT2D eigenvalue weighted by atomic mass is 9.94. The van der Waals surface area contributed by atoms with Gasteiger partial charge in [-0.15, -0.1) is 0 Å². The van der Waals surface area contributed by atoms with Crippen molar-refractivity contribution in [2.24, 2.45) is 11.8 Å². The van der Waals surface area contributed by atoms with Gasteiger partial charge in [0.15, 0.2) is 17.4 Å². The maximum Gasteiger partial charge on any atom is 0.247 e. The van der Waals surface area contributed by atoms with Crippen LogP contribution in [0.15, 0.2) is 19.0 Å². The third-order valence-corrected chi connectivity index (χ3v) is 4.78. The molecule has 0 bridgehead atoms. The topological polar surface area (TPSA) is 121 Å². The summed E-state index contributed by atoms with van der Waals surface area (Å²) in [6, 6.07) is 0. The number of carbonyl (C=O) groups is 1. The van der Waals surface area contributed by atoms with E-state index < -0.39 is 31.4 Å². The number of fused-ring (bicyclic) bond motifs is 1. The Kier molecular flexibility index (Phi) is 5.63. The van der Waals surface area contributed by atoms with Gasteiger partial charge in [0, 0.05) is 18.9 Å². The van der Waals surface area contributed by atoms with Gasteiger partial charge in [-0.3, -0.25) is 14.7 Å². The number of amides is 1. The first-order valence-electron chi connectivity index (χ1n) is 10.5. The summed E-state index contributed by atoms with van der Waals surface area (Å²) in [5.74, 6) is -0.747. The van der Waals surface area contributed by atoms with E-state index in [9.17, 15) is 9.90 Å². The van der Waals surface area contributed by atoms with Crippen LogP contribution < -0.4 is 10.1 Å². The Morgan fingerprint density at radius 2 is 2.45 bits per heavy atom. The van der Waals surface area contributed by atoms with Gasteiger partial charge in [-0.25, -0.2) is 4.98 Å². The highest BCUT2D eigenvalue weighted by Crippen LogP contribution is 2.33. The number of ether oxygens (including phenoxy) is 3. The second-order valence-corrected chi connectivity index (χ2v) is 7.17. The summed E-state index contributed by atoms with van der Waals surface area (Å²) in [6.45, 7) is 9.13. The Bertz CT molecular complexity index is 938. The molecule has 1 aliphatic heterocycles. The van der Waals surface area contributed by atoms with Gasteiger partial charge >= 0.3 is 0 Å². The first-order valence-corrected chi connectivity index (χ1v) is 9.31. The zero-order valence-corrected chi connectivity index (χ0v) is 16.6. The molecule has 1 amide bonds. The second kappa shape index (κ2) is 8.85. The molecule has 2 aromatic heterocycles. The second-order valence-electron chi connectivity index (χ2n) is 7.17. The number of carbonyl (C=O) groups excluding carboxylic acids is 1. The van der Waals surface area contributed by atoms with E-state index in [0.29, 0.717) is 11.2 Å². The van der Waals surface area contributed by atoms with E-state index in [1.54, 1.807) is 31.4 Å². The summed E-state index contributed by atoms with van der Waals surface area (Å²) in [7, 11) is -1.47. The van der Waals surface area contributed by atoms with Gasteiger partial charge in [-0.05, 0) is 0 Å². The van der Waals surface area contributed by atoms with E-state index in [1.165, 1.54) is 6.33 Å². The van der Waals surface area contributed by atoms with Crippen molar-refractivity contribution in [1.82, 2.24) is 19.5 Å². The van der Waals surface area contributed by atoms with Crippen molar-refractivity contribution in [3.63, 3.8) is 0 Å². The molecule has 0 radical (unpaired) electrons. The summed E-state index contributed by atoms with van der Waals surface area (Å²) >= 11 is 0. The molecule has 0 aliphatic carbocycles. The molecule has 2 N–H and O–H groups in total. The Balaban J connectivity index is 1.97. The van der Waals surface area contributed by atoms with E-state index in [-0.39, 0.29) is 36.9 Å². The molecule has 3 rings (SSSR count). The summed E-state index contributed by atoms with van der Waals surface area (Å²) in [4.78, 5) is 25.1. The molecular weight excluding hydrogens is 378 g/mol. The maximum atomic E-state index is 12.1. The van der Waals surface area contributed by atoms with E-state index in [0.717, 1.165) is 0 Å². The predicted octanol–water partition coefficient (Wildman–Crippen LogP) is 1.53. The van der Waals surface area contributed by atoms with Crippen molar-refractivity contribution in [1.29, 1.82) is 0 Å². The molecule has 2 aromatic rings. The summed E-state index contributed by atoms with van der Waals surface area (Å²) in [5.41, 5.74) is 0.645. The van der Waals surface area contributed by atoms with Gasteiger partial charge in [-0.1, -0.05) is 33.4 Å². The highest BCUT2D eigenvalue weighted by molar-refractivity contribution is 5.91. The minimum Gasteiger partial charge on any atom is -0.472 e. The minimum atomic E-state index is -1.47. The van der Waals surface area contributed by atoms with Crippen LogP contribution in [0.25, 0.3) is 11.2 Å². The number of rotatable bonds is 7. The normalized spacial score (nSPS) is 26.7. The minimum absolute atomic E-state index is 0.0397. The van der Waals surface area contributed by atoms with Crippen LogP contribution in [0.4, 0.5) is 5.95 Å². The molecule has 5 atom stereocenters. The molecule has 29 heavy (non-hydrogen) atoms. The van der Waals surface area contributed by atoms with Gasteiger partial charge in [0.1, 0.15) is 12.7 Å². The van der Waals surface area contributed by atoms with Crippen LogP contribution in [0.3, 0.4) is 0 Å². The van der Waals surface area contributed by atoms with Gasteiger partial charge in [0.05, 0.1) is 21.8 Å². The number of hydrogen-bond acceptors (Lipinski definition) is 8. The quantitative estimate of drug-likeness (QED) is 0.662. The number of aliphatic hydroxyl groups is 1. The van der Waals surface area contributed by atoms with Crippen molar-refractivity contribution in [2.75, 3.05) is 25.6 Å². The lowest BCUT2D eigenvalue weighted by Gasteiger charge is -2.38. The van der Waals surface area contributed by atoms with Crippen molar-refractivity contribution >= 4 is 23.0 Å². The third kappa shape index (κ3) is 4.24. The van der Waals surface area contributed by atoms with Gasteiger partial charge in [0.2, 0.25) is 17.7 Å². The van der Waals surface area contributed by atoms with E-state index in [2.05, 4.69) is 26.8 Å². The number of imidazole rings is 1. The van der Waals surface area contributed by atoms with Crippen LogP contribution in [-0.4, -0.2) is 63.0 Å². The number of methoxy groups -OCH3 is 1. The number of aliphatic hydroxyl groups excluding tert-OH is 1. The molecule has 1 fully saturated rings. The smallest absolute Gasteiger partial charge is 0.247 e. The maximum absolute atomic E-state index is 12.1. The number of aromatic nitrogens is 4. The third-order valence-electron chi connectivity index (χ3n) is 4.78. The highest BCUT2D eigenvalue weighted by atomic mass is 16.6. The Morgan fingerprint density at radius 1 is 1.66 bits per heavy atom. The standard InChI is InChI=1S/C19H27N5O5/c1-6-7-28-17-13-15(21-19(23-17)22-16(26)10(2)3)24(9-20-13)18-14(25)11(4)12(27-5)8-29-18/h6,9-12,14,18,25H,1,7-8H2,2-5H3,(H,21,22,23,26)/i5TD. The average molecular weight is 408 g/mol. The summed E-state index contributed by atoms with van der Waals surface area (Å²) in [5, 5.41) is 13.5. The molecular formula is C19H27N5O5. The number of anilines is 1. The summed E-state index contributed by atoms with van der Waals surface area (Å²) in [6.07, 6.45) is 0.553. The first kappa shape index (κ1) is 18.5. The van der Waals surface area contributed by atoms with Gasteiger partial charge in [-0.2, -0.15) is 9.97 Å².